The first-order valence-electron chi connectivity index (χ1n) is 8.43. The van der Waals surface area contributed by atoms with Crippen LogP contribution in [0.4, 0.5) is 0 Å². The molecule has 0 fully saturated rings. The molecule has 0 radical (unpaired) electrons. The zero-order valence-electron chi connectivity index (χ0n) is 14.2. The molecule has 6 nitrogen and oxygen atoms in total. The van der Waals surface area contributed by atoms with E-state index in [0.717, 1.165) is 22.8 Å². The summed E-state index contributed by atoms with van der Waals surface area (Å²) in [4.78, 5) is 8.63. The van der Waals surface area contributed by atoms with Crippen molar-refractivity contribution in [3.05, 3.63) is 85.5 Å². The van der Waals surface area contributed by atoms with Crippen molar-refractivity contribution in [2.45, 2.75) is 13.1 Å². The minimum absolute atomic E-state index is 0.710. The lowest BCUT2D eigenvalue weighted by Crippen LogP contribution is -1.99. The molecule has 26 heavy (non-hydrogen) atoms. The van der Waals surface area contributed by atoms with Crippen LogP contribution in [-0.2, 0) is 13.1 Å². The van der Waals surface area contributed by atoms with Gasteiger partial charge in [-0.1, -0.05) is 24.3 Å². The fraction of sp³-hybridized carbons (Fsp3) is 0.100. The SMILES string of the molecule is C(=C\Cn1ccc(-c2ccccn2)n1)/Cn1ccc(-c2ccccn2)n1. The molecule has 4 aromatic heterocycles. The van der Waals surface area contributed by atoms with Crippen LogP contribution in [-0.4, -0.2) is 29.5 Å². The summed E-state index contributed by atoms with van der Waals surface area (Å²) in [5, 5.41) is 9.08. The van der Waals surface area contributed by atoms with Crippen molar-refractivity contribution in [3.63, 3.8) is 0 Å². The van der Waals surface area contributed by atoms with Crippen molar-refractivity contribution in [1.29, 1.82) is 0 Å². The van der Waals surface area contributed by atoms with E-state index >= 15 is 0 Å². The summed E-state index contributed by atoms with van der Waals surface area (Å²) in [6.07, 6.45) is 11.6. The Kier molecular flexibility index (Phi) is 4.64. The van der Waals surface area contributed by atoms with Crippen LogP contribution >= 0.6 is 0 Å². The summed E-state index contributed by atoms with van der Waals surface area (Å²) < 4.78 is 3.78. The summed E-state index contributed by atoms with van der Waals surface area (Å²) in [5.41, 5.74) is 3.53. The second-order valence-electron chi connectivity index (χ2n) is 5.75. The van der Waals surface area contributed by atoms with Crippen molar-refractivity contribution >= 4 is 0 Å². The minimum Gasteiger partial charge on any atom is -0.268 e. The molecular weight excluding hydrogens is 324 g/mol. The number of pyridine rings is 2. The van der Waals surface area contributed by atoms with Crippen LogP contribution < -0.4 is 0 Å². The monoisotopic (exact) mass is 342 g/mol. The molecule has 0 spiro atoms. The molecule has 0 bridgehead atoms. The Balaban J connectivity index is 1.34. The van der Waals surface area contributed by atoms with Gasteiger partial charge in [0.15, 0.2) is 0 Å². The van der Waals surface area contributed by atoms with Crippen molar-refractivity contribution in [2.24, 2.45) is 0 Å². The van der Waals surface area contributed by atoms with Crippen LogP contribution in [0, 0.1) is 0 Å². The topological polar surface area (TPSA) is 61.4 Å². The molecule has 0 saturated heterocycles. The molecule has 0 amide bonds. The van der Waals surface area contributed by atoms with E-state index in [1.54, 1.807) is 12.4 Å². The minimum atomic E-state index is 0.710. The molecule has 0 aliphatic heterocycles. The molecule has 0 aromatic carbocycles. The number of hydrogen-bond donors (Lipinski definition) is 0. The number of nitrogens with zero attached hydrogens (tertiary/aromatic N) is 6. The fourth-order valence-electron chi connectivity index (χ4n) is 2.59. The van der Waals surface area contributed by atoms with Gasteiger partial charge in [-0.2, -0.15) is 10.2 Å². The maximum absolute atomic E-state index is 4.54. The largest absolute Gasteiger partial charge is 0.268 e. The third kappa shape index (κ3) is 3.75. The van der Waals surface area contributed by atoms with E-state index < -0.39 is 0 Å². The molecule has 0 aliphatic rings. The second-order valence-corrected chi connectivity index (χ2v) is 5.75. The van der Waals surface area contributed by atoms with Gasteiger partial charge in [-0.3, -0.25) is 19.3 Å². The number of aromatic nitrogens is 6. The van der Waals surface area contributed by atoms with Crippen molar-refractivity contribution in [1.82, 2.24) is 29.5 Å². The predicted molar refractivity (Wildman–Crippen MR) is 100 cm³/mol. The van der Waals surface area contributed by atoms with Gasteiger partial charge < -0.3 is 0 Å². The van der Waals surface area contributed by atoms with Gasteiger partial charge in [0.25, 0.3) is 0 Å². The van der Waals surface area contributed by atoms with Gasteiger partial charge >= 0.3 is 0 Å². The van der Waals surface area contributed by atoms with Gasteiger partial charge in [-0.05, 0) is 36.4 Å². The summed E-state index contributed by atoms with van der Waals surface area (Å²) >= 11 is 0. The van der Waals surface area contributed by atoms with Crippen LogP contribution in [0.25, 0.3) is 22.8 Å². The molecule has 0 aliphatic carbocycles. The van der Waals surface area contributed by atoms with Crippen LogP contribution in [0.15, 0.2) is 85.5 Å². The number of allylic oxidation sites excluding steroid dienone is 2. The van der Waals surface area contributed by atoms with E-state index in [1.807, 2.05) is 70.3 Å². The highest BCUT2D eigenvalue weighted by atomic mass is 15.3. The molecule has 4 rings (SSSR count). The Morgan fingerprint density at radius 1 is 0.615 bits per heavy atom. The van der Waals surface area contributed by atoms with E-state index in [2.05, 4.69) is 32.3 Å². The molecule has 0 unspecified atom stereocenters. The zero-order chi connectivity index (χ0) is 17.6. The molecule has 128 valence electrons. The fourth-order valence-corrected chi connectivity index (χ4v) is 2.59. The Morgan fingerprint density at radius 2 is 1.12 bits per heavy atom. The Labute approximate surface area is 151 Å². The van der Waals surface area contributed by atoms with Crippen LogP contribution in [0.2, 0.25) is 0 Å². The van der Waals surface area contributed by atoms with Crippen molar-refractivity contribution < 1.29 is 0 Å². The van der Waals surface area contributed by atoms with E-state index in [4.69, 9.17) is 0 Å². The van der Waals surface area contributed by atoms with Gasteiger partial charge in [0.2, 0.25) is 0 Å². The smallest absolute Gasteiger partial charge is 0.111 e. The van der Waals surface area contributed by atoms with Crippen LogP contribution in [0.5, 0.6) is 0 Å². The lowest BCUT2D eigenvalue weighted by atomic mass is 10.3. The lowest BCUT2D eigenvalue weighted by Gasteiger charge is -1.98. The lowest BCUT2D eigenvalue weighted by molar-refractivity contribution is 0.681. The Hall–Kier alpha value is -3.54. The highest BCUT2D eigenvalue weighted by molar-refractivity contribution is 5.53. The average molecular weight is 342 g/mol. The van der Waals surface area contributed by atoms with Gasteiger partial charge in [-0.25, -0.2) is 0 Å². The van der Waals surface area contributed by atoms with Gasteiger partial charge in [-0.15, -0.1) is 0 Å². The molecular formula is C20H18N6. The Bertz CT molecular complexity index is 904. The van der Waals surface area contributed by atoms with Gasteiger partial charge in [0.1, 0.15) is 11.4 Å². The van der Waals surface area contributed by atoms with E-state index in [1.165, 1.54) is 0 Å². The summed E-state index contributed by atoms with van der Waals surface area (Å²) in [7, 11) is 0. The normalized spacial score (nSPS) is 11.2. The van der Waals surface area contributed by atoms with E-state index in [-0.39, 0.29) is 0 Å². The van der Waals surface area contributed by atoms with Gasteiger partial charge in [0.05, 0.1) is 24.5 Å². The summed E-state index contributed by atoms with van der Waals surface area (Å²) in [6.45, 7) is 1.42. The van der Waals surface area contributed by atoms with Gasteiger partial charge in [0, 0.05) is 24.8 Å². The van der Waals surface area contributed by atoms with Crippen molar-refractivity contribution in [2.75, 3.05) is 0 Å². The molecule has 4 heterocycles. The molecule has 6 heteroatoms. The molecule has 0 saturated carbocycles. The average Bonchev–Trinajstić information content (AvgIpc) is 3.37. The first kappa shape index (κ1) is 16.0. The second kappa shape index (κ2) is 7.57. The predicted octanol–water partition coefficient (Wildman–Crippen LogP) is 3.46. The number of rotatable bonds is 6. The standard InChI is InChI=1S/C20H18N6/c1-3-11-21-17(7-1)19-9-15-25(23-19)13-5-6-14-26-16-10-20(24-26)18-8-2-4-12-22-18/h1-12,15-16H,13-14H2/b6-5+. The van der Waals surface area contributed by atoms with E-state index in [9.17, 15) is 0 Å². The summed E-state index contributed by atoms with van der Waals surface area (Å²) in [6, 6.07) is 15.6. The van der Waals surface area contributed by atoms with Crippen molar-refractivity contribution in [3.8, 4) is 22.8 Å². The third-order valence-corrected chi connectivity index (χ3v) is 3.89. The van der Waals surface area contributed by atoms with Crippen LogP contribution in [0.3, 0.4) is 0 Å². The first-order chi connectivity index (χ1) is 12.9. The maximum atomic E-state index is 4.54. The maximum Gasteiger partial charge on any atom is 0.111 e. The highest BCUT2D eigenvalue weighted by Crippen LogP contribution is 2.13. The molecule has 4 aromatic rings. The van der Waals surface area contributed by atoms with E-state index in [0.29, 0.717) is 13.1 Å². The molecule has 0 N–H and O–H groups in total. The highest BCUT2D eigenvalue weighted by Gasteiger charge is 2.03. The first-order valence-corrected chi connectivity index (χ1v) is 8.43. The zero-order valence-corrected chi connectivity index (χ0v) is 14.2. The molecule has 0 atom stereocenters. The summed E-state index contributed by atoms with van der Waals surface area (Å²) in [5.74, 6) is 0. The van der Waals surface area contributed by atoms with Crippen LogP contribution in [0.1, 0.15) is 0 Å². The number of hydrogen-bond acceptors (Lipinski definition) is 4. The Morgan fingerprint density at radius 3 is 1.54 bits per heavy atom. The quantitative estimate of drug-likeness (QED) is 0.504. The third-order valence-electron chi connectivity index (χ3n) is 3.89.